The van der Waals surface area contributed by atoms with Crippen LogP contribution in [0.4, 0.5) is 0 Å². The molecule has 0 unspecified atom stereocenters. The van der Waals surface area contributed by atoms with Crippen LogP contribution in [-0.2, 0) is 9.59 Å². The quantitative estimate of drug-likeness (QED) is 0.346. The number of Topliss-reactive ketones (excluding diaryl/α,β-unsaturated/α-hetero) is 1. The van der Waals surface area contributed by atoms with Crippen molar-refractivity contribution in [3.05, 3.63) is 0 Å². The lowest BCUT2D eigenvalue weighted by molar-refractivity contribution is -0.148. The number of rotatable bonds is 2. The van der Waals surface area contributed by atoms with Crippen LogP contribution in [-0.4, -0.2) is 24.7 Å². The van der Waals surface area contributed by atoms with Gasteiger partial charge in [0, 0.05) is 0 Å². The Hall–Kier alpha value is -0.795. The van der Waals surface area contributed by atoms with Crippen molar-refractivity contribution >= 4 is 19.6 Å². The van der Waals surface area contributed by atoms with Crippen LogP contribution in [0.5, 0.6) is 0 Å². The molecule has 0 aromatic carbocycles. The predicted octanol–water partition coefficient (Wildman–Crippen LogP) is -1.31. The molecule has 38 valence electrons. The van der Waals surface area contributed by atoms with Gasteiger partial charge in [-0.25, -0.2) is 4.79 Å². The molecular weight excluding hydrogens is 94.8 g/mol. The average Bonchev–Trinajstić information content (AvgIpc) is 1.65. The summed E-state index contributed by atoms with van der Waals surface area (Å²) in [5, 5.41) is 7.83. The molecule has 0 aromatic rings. The number of hydrogen-bond donors (Lipinski definition) is 1. The van der Waals surface area contributed by atoms with Crippen molar-refractivity contribution in [1.29, 1.82) is 0 Å². The van der Waals surface area contributed by atoms with E-state index in [-0.39, 0.29) is 6.32 Å². The largest absolute Gasteiger partial charge is 0.476 e. The molecule has 0 saturated carbocycles. The second-order valence-electron chi connectivity index (χ2n) is 1.08. The number of carboxylic acid groups (broad SMARTS) is 1. The predicted molar refractivity (Wildman–Crippen MR) is 26.0 cm³/mol. The Morgan fingerprint density at radius 2 is 2.00 bits per heavy atom. The Labute approximate surface area is 41.7 Å². The van der Waals surface area contributed by atoms with Crippen molar-refractivity contribution in [2.24, 2.45) is 0 Å². The minimum Gasteiger partial charge on any atom is -0.476 e. The fourth-order valence-electron chi connectivity index (χ4n) is 0.151. The normalized spacial score (nSPS) is 8.00. The summed E-state index contributed by atoms with van der Waals surface area (Å²) in [6, 6.07) is 0. The molecule has 0 aliphatic carbocycles. The molecule has 7 heavy (non-hydrogen) atoms. The number of carbonyl (C=O) groups excluding carboxylic acids is 1. The molecule has 1 N–H and O–H groups in total. The van der Waals surface area contributed by atoms with Gasteiger partial charge in [0.25, 0.3) is 0 Å². The van der Waals surface area contributed by atoms with Crippen LogP contribution in [0.25, 0.3) is 0 Å². The van der Waals surface area contributed by atoms with Crippen LogP contribution >= 0.6 is 0 Å². The molecule has 0 rings (SSSR count). The van der Waals surface area contributed by atoms with E-state index in [1.165, 1.54) is 7.85 Å². The molecular formula is C3H5BO3. The van der Waals surface area contributed by atoms with E-state index >= 15 is 0 Å². The van der Waals surface area contributed by atoms with Gasteiger partial charge < -0.3 is 5.11 Å². The van der Waals surface area contributed by atoms with Crippen molar-refractivity contribution in [2.75, 3.05) is 0 Å². The Morgan fingerprint density at radius 3 is 2.00 bits per heavy atom. The zero-order valence-electron chi connectivity index (χ0n) is 3.97. The van der Waals surface area contributed by atoms with Crippen LogP contribution in [0, 0.1) is 0 Å². The fourth-order valence-corrected chi connectivity index (χ4v) is 0.151. The Bertz CT molecular complexity index is 98.4. The summed E-state index contributed by atoms with van der Waals surface area (Å²) in [6.45, 7) is 0. The van der Waals surface area contributed by atoms with Gasteiger partial charge in [-0.15, -0.1) is 0 Å². The van der Waals surface area contributed by atoms with E-state index in [0.717, 1.165) is 0 Å². The van der Waals surface area contributed by atoms with Gasteiger partial charge in [0.05, 0.1) is 0 Å². The summed E-state index contributed by atoms with van der Waals surface area (Å²) in [7, 11) is 1.51. The molecule has 0 aliphatic rings. The van der Waals surface area contributed by atoms with Gasteiger partial charge in [-0.1, -0.05) is 0 Å². The first-order valence-corrected chi connectivity index (χ1v) is 1.94. The minimum absolute atomic E-state index is 0.0787. The minimum atomic E-state index is -1.34. The number of ketones is 1. The van der Waals surface area contributed by atoms with Gasteiger partial charge in [-0.3, -0.25) is 4.79 Å². The fraction of sp³-hybridized carbons (Fsp3) is 0.333. The van der Waals surface area contributed by atoms with Gasteiger partial charge in [-0.2, -0.15) is 0 Å². The van der Waals surface area contributed by atoms with Crippen LogP contribution in [0.1, 0.15) is 0 Å². The third-order valence-corrected chi connectivity index (χ3v) is 0.560. The average molecular weight is 99.9 g/mol. The first-order valence-electron chi connectivity index (χ1n) is 1.94. The first kappa shape index (κ1) is 6.20. The van der Waals surface area contributed by atoms with Gasteiger partial charge in [0.15, 0.2) is 0 Å². The smallest absolute Gasteiger partial charge is 0.371 e. The lowest BCUT2D eigenvalue weighted by atomic mass is 10.0. The van der Waals surface area contributed by atoms with E-state index in [1.807, 2.05) is 0 Å². The Balaban J connectivity index is 3.58. The summed E-state index contributed by atoms with van der Waals surface area (Å²) in [5.74, 6) is -2.08. The SMILES string of the molecule is BCC(=O)C(=O)O. The molecule has 0 atom stereocenters. The summed E-state index contributed by atoms with van der Waals surface area (Å²) < 4.78 is 0. The molecule has 0 heterocycles. The molecule has 0 bridgehead atoms. The van der Waals surface area contributed by atoms with E-state index in [2.05, 4.69) is 0 Å². The second kappa shape index (κ2) is 2.39. The van der Waals surface area contributed by atoms with Crippen molar-refractivity contribution in [3.63, 3.8) is 0 Å². The molecule has 0 radical (unpaired) electrons. The zero-order chi connectivity index (χ0) is 5.86. The summed E-state index contributed by atoms with van der Waals surface area (Å²) in [5.41, 5.74) is 0. The van der Waals surface area contributed by atoms with E-state index in [1.54, 1.807) is 0 Å². The van der Waals surface area contributed by atoms with Crippen molar-refractivity contribution in [3.8, 4) is 0 Å². The Kier molecular flexibility index (Phi) is 2.12. The molecule has 4 heteroatoms. The molecule has 0 spiro atoms. The maximum atomic E-state index is 9.91. The van der Waals surface area contributed by atoms with Crippen LogP contribution in [0.15, 0.2) is 0 Å². The summed E-state index contributed by atoms with van der Waals surface area (Å²) in [6.07, 6.45) is 0.0787. The van der Waals surface area contributed by atoms with Gasteiger partial charge in [0.1, 0.15) is 7.85 Å². The molecule has 0 amide bonds. The standard InChI is InChI=1S/C3H5BO3/c4-1-2(5)3(6)7/h1,4H2,(H,6,7). The van der Waals surface area contributed by atoms with Crippen LogP contribution < -0.4 is 0 Å². The van der Waals surface area contributed by atoms with E-state index < -0.39 is 11.8 Å². The highest BCUT2D eigenvalue weighted by atomic mass is 16.4. The number of carbonyl (C=O) groups is 2. The number of aliphatic carboxylic acids is 1. The third kappa shape index (κ3) is 1.97. The van der Waals surface area contributed by atoms with Gasteiger partial charge in [0.2, 0.25) is 5.78 Å². The lowest BCUT2D eigenvalue weighted by Crippen LogP contribution is -2.10. The third-order valence-electron chi connectivity index (χ3n) is 0.560. The van der Waals surface area contributed by atoms with E-state index in [0.29, 0.717) is 0 Å². The first-order chi connectivity index (χ1) is 3.18. The molecule has 0 fully saturated rings. The van der Waals surface area contributed by atoms with Crippen LogP contribution in [0.3, 0.4) is 0 Å². The highest BCUT2D eigenvalue weighted by Gasteiger charge is 2.05. The monoisotopic (exact) mass is 100 g/mol. The Morgan fingerprint density at radius 1 is 1.57 bits per heavy atom. The highest BCUT2D eigenvalue weighted by Crippen LogP contribution is 1.74. The lowest BCUT2D eigenvalue weighted by Gasteiger charge is -1.80. The highest BCUT2D eigenvalue weighted by molar-refractivity contribution is 6.41. The zero-order valence-corrected chi connectivity index (χ0v) is 3.97. The van der Waals surface area contributed by atoms with Gasteiger partial charge >= 0.3 is 5.97 Å². The molecule has 0 saturated heterocycles. The van der Waals surface area contributed by atoms with Gasteiger partial charge in [-0.05, 0) is 6.32 Å². The number of carboxylic acids is 1. The number of hydrogen-bond acceptors (Lipinski definition) is 2. The van der Waals surface area contributed by atoms with Crippen molar-refractivity contribution in [1.82, 2.24) is 0 Å². The van der Waals surface area contributed by atoms with Crippen molar-refractivity contribution < 1.29 is 14.7 Å². The molecule has 0 aliphatic heterocycles. The molecule has 3 nitrogen and oxygen atoms in total. The topological polar surface area (TPSA) is 54.4 Å². The van der Waals surface area contributed by atoms with Crippen LogP contribution in [0.2, 0.25) is 6.32 Å². The second-order valence-corrected chi connectivity index (χ2v) is 1.08. The maximum Gasteiger partial charge on any atom is 0.371 e. The van der Waals surface area contributed by atoms with E-state index in [9.17, 15) is 9.59 Å². The maximum absolute atomic E-state index is 9.91. The summed E-state index contributed by atoms with van der Waals surface area (Å²) in [4.78, 5) is 19.5. The van der Waals surface area contributed by atoms with E-state index in [4.69, 9.17) is 5.11 Å². The van der Waals surface area contributed by atoms with Crippen molar-refractivity contribution in [2.45, 2.75) is 6.32 Å². The summed E-state index contributed by atoms with van der Waals surface area (Å²) >= 11 is 0. The molecule has 0 aromatic heterocycles.